The van der Waals surface area contributed by atoms with Crippen LogP contribution >= 0.6 is 11.6 Å². The number of nitrogen functional groups attached to an aromatic ring is 1. The van der Waals surface area contributed by atoms with Crippen LogP contribution in [0, 0.1) is 0 Å². The van der Waals surface area contributed by atoms with Gasteiger partial charge in [-0.05, 0) is 29.4 Å². The van der Waals surface area contributed by atoms with E-state index in [9.17, 15) is 0 Å². The summed E-state index contributed by atoms with van der Waals surface area (Å²) in [5, 5.41) is 8.37. The van der Waals surface area contributed by atoms with Gasteiger partial charge in [0.1, 0.15) is 17.8 Å². The molecule has 2 aliphatic heterocycles. The number of pyridine rings is 1. The molecule has 8 nitrogen and oxygen atoms in total. The minimum Gasteiger partial charge on any atom is -0.495 e. The van der Waals surface area contributed by atoms with Crippen LogP contribution in [0.3, 0.4) is 0 Å². The number of halogens is 1. The second-order valence-electron chi connectivity index (χ2n) is 5.57. The van der Waals surface area contributed by atoms with Gasteiger partial charge in [-0.25, -0.2) is 4.98 Å². The predicted molar refractivity (Wildman–Crippen MR) is 105 cm³/mol. The molecule has 2 aliphatic rings. The number of hydrogen-bond donors (Lipinski definition) is 2. The number of guanidine groups is 1. The van der Waals surface area contributed by atoms with Gasteiger partial charge in [0.15, 0.2) is 11.9 Å². The molecule has 0 saturated carbocycles. The van der Waals surface area contributed by atoms with Crippen LogP contribution < -0.4 is 20.4 Å². The van der Waals surface area contributed by atoms with Gasteiger partial charge in [0.05, 0.1) is 24.5 Å². The lowest BCUT2D eigenvalue weighted by Crippen LogP contribution is -2.44. The van der Waals surface area contributed by atoms with Crippen LogP contribution in [-0.2, 0) is 0 Å². The Bertz CT molecular complexity index is 981. The smallest absolute Gasteiger partial charge is 0.287 e. The zero-order valence-corrected chi connectivity index (χ0v) is 14.6. The van der Waals surface area contributed by atoms with E-state index in [1.165, 1.54) is 0 Å². The lowest BCUT2D eigenvalue weighted by atomic mass is 10.3. The Balaban J connectivity index is 1.70. The second-order valence-corrected chi connectivity index (χ2v) is 5.98. The molecular formula is C17H15ClN7O+. The van der Waals surface area contributed by atoms with E-state index in [-0.39, 0.29) is 4.59 Å². The highest BCUT2D eigenvalue weighted by Gasteiger charge is 2.43. The largest absolute Gasteiger partial charge is 0.495 e. The van der Waals surface area contributed by atoms with Crippen molar-refractivity contribution in [1.29, 1.82) is 0 Å². The summed E-state index contributed by atoms with van der Waals surface area (Å²) in [5.74, 6) is 2.10. The SMILES string of the molecule is COc1ccc(NC2=N[N+]3(c4ccc(N)nc4)C=CN=CC3=N2)cc1Cl. The molecule has 1 unspecified atom stereocenters. The summed E-state index contributed by atoms with van der Waals surface area (Å²) in [6.45, 7) is 0. The Kier molecular flexibility index (Phi) is 3.90. The fraction of sp³-hybridized carbons (Fsp3) is 0.0588. The van der Waals surface area contributed by atoms with Gasteiger partial charge in [-0.3, -0.25) is 4.99 Å². The van der Waals surface area contributed by atoms with Crippen molar-refractivity contribution in [3.63, 3.8) is 0 Å². The normalized spacial score (nSPS) is 20.4. The van der Waals surface area contributed by atoms with Crippen molar-refractivity contribution >= 4 is 46.8 Å². The number of nitrogens with zero attached hydrogens (tertiary/aromatic N) is 5. The van der Waals surface area contributed by atoms with Crippen LogP contribution in [0.2, 0.25) is 5.02 Å². The molecule has 0 saturated heterocycles. The summed E-state index contributed by atoms with van der Waals surface area (Å²) in [7, 11) is 1.57. The molecule has 0 radical (unpaired) electrons. The number of methoxy groups -OCH3 is 1. The number of ether oxygens (including phenoxy) is 1. The fourth-order valence-electron chi connectivity index (χ4n) is 2.68. The third-order valence-electron chi connectivity index (χ3n) is 3.95. The summed E-state index contributed by atoms with van der Waals surface area (Å²) in [6, 6.07) is 8.95. The Hall–Kier alpha value is -3.23. The first kappa shape index (κ1) is 16.2. The number of nitrogens with one attached hydrogen (secondary N) is 1. The zero-order valence-electron chi connectivity index (χ0n) is 13.8. The first-order valence-electron chi connectivity index (χ1n) is 7.72. The van der Waals surface area contributed by atoms with Crippen molar-refractivity contribution in [1.82, 2.24) is 9.58 Å². The number of nitrogens with two attached hydrogens (primary N) is 1. The summed E-state index contributed by atoms with van der Waals surface area (Å²) in [4.78, 5) is 12.8. The number of aliphatic imine (C=N–C) groups is 2. The van der Waals surface area contributed by atoms with E-state index in [2.05, 4.69) is 20.3 Å². The standard InChI is InChI=1S/C17H15ClN7O/c1-26-14-4-2-11(8-13(14)18)22-17-23-16-10-20-6-7-25(16,24-17)12-3-5-15(19)21-9-12/h2-10H,1H3,(H2,19,21)(H,22,24)/q+1. The van der Waals surface area contributed by atoms with Crippen LogP contribution in [0.4, 0.5) is 17.2 Å². The molecule has 4 rings (SSSR count). The fourth-order valence-corrected chi connectivity index (χ4v) is 2.94. The third kappa shape index (κ3) is 2.71. The molecule has 9 heteroatoms. The summed E-state index contributed by atoms with van der Waals surface area (Å²) in [6.07, 6.45) is 6.83. The zero-order chi connectivity index (χ0) is 18.1. The van der Waals surface area contributed by atoms with Gasteiger partial charge in [-0.15, -0.1) is 0 Å². The average Bonchev–Trinajstić information content (AvgIpc) is 3.01. The molecule has 1 atom stereocenters. The van der Waals surface area contributed by atoms with Crippen molar-refractivity contribution in [3.05, 3.63) is 54.0 Å². The van der Waals surface area contributed by atoms with E-state index >= 15 is 0 Å². The molecule has 130 valence electrons. The number of quaternary nitrogens is 1. The summed E-state index contributed by atoms with van der Waals surface area (Å²) in [5.41, 5.74) is 7.23. The quantitative estimate of drug-likeness (QED) is 0.814. The summed E-state index contributed by atoms with van der Waals surface area (Å²) >= 11 is 6.18. The monoisotopic (exact) mass is 368 g/mol. The highest BCUT2D eigenvalue weighted by atomic mass is 35.5. The van der Waals surface area contributed by atoms with Gasteiger partial charge in [-0.1, -0.05) is 16.2 Å². The van der Waals surface area contributed by atoms with E-state index in [4.69, 9.17) is 27.2 Å². The van der Waals surface area contributed by atoms with Crippen molar-refractivity contribution < 1.29 is 4.74 Å². The van der Waals surface area contributed by atoms with Crippen LogP contribution in [0.15, 0.2) is 64.0 Å². The maximum atomic E-state index is 6.18. The highest BCUT2D eigenvalue weighted by molar-refractivity contribution is 6.38. The average molecular weight is 369 g/mol. The molecule has 1 aromatic carbocycles. The Morgan fingerprint density at radius 3 is 2.85 bits per heavy atom. The minimum absolute atomic E-state index is 0.0308. The Morgan fingerprint density at radius 1 is 1.23 bits per heavy atom. The van der Waals surface area contributed by atoms with Gasteiger partial charge in [0.2, 0.25) is 0 Å². The van der Waals surface area contributed by atoms with Crippen molar-refractivity contribution in [2.75, 3.05) is 18.2 Å². The molecule has 1 aromatic heterocycles. The number of aromatic nitrogens is 1. The topological polar surface area (TPSA) is 97.2 Å². The van der Waals surface area contributed by atoms with Gasteiger partial charge in [-0.2, -0.15) is 4.99 Å². The second kappa shape index (κ2) is 6.25. The van der Waals surface area contributed by atoms with Gasteiger partial charge in [0.25, 0.3) is 11.8 Å². The van der Waals surface area contributed by atoms with Crippen LogP contribution in [0.5, 0.6) is 5.75 Å². The van der Waals surface area contributed by atoms with Crippen LogP contribution in [0.1, 0.15) is 0 Å². The molecule has 0 spiro atoms. The Morgan fingerprint density at radius 2 is 2.12 bits per heavy atom. The number of hydrogen-bond acceptors (Lipinski definition) is 7. The van der Waals surface area contributed by atoms with E-state index in [0.29, 0.717) is 28.4 Å². The maximum absolute atomic E-state index is 6.18. The molecule has 3 N–H and O–H groups in total. The van der Waals surface area contributed by atoms with Gasteiger partial charge >= 0.3 is 0 Å². The molecule has 0 fully saturated rings. The molecule has 26 heavy (non-hydrogen) atoms. The molecule has 3 heterocycles. The summed E-state index contributed by atoms with van der Waals surface area (Å²) < 4.78 is 5.20. The predicted octanol–water partition coefficient (Wildman–Crippen LogP) is 2.98. The van der Waals surface area contributed by atoms with Crippen molar-refractivity contribution in [3.8, 4) is 5.75 Å². The van der Waals surface area contributed by atoms with Crippen molar-refractivity contribution in [2.24, 2.45) is 15.1 Å². The number of benzene rings is 1. The van der Waals surface area contributed by atoms with Crippen LogP contribution in [0.25, 0.3) is 0 Å². The van der Waals surface area contributed by atoms with E-state index in [1.54, 1.807) is 43.9 Å². The van der Waals surface area contributed by atoms with Crippen LogP contribution in [-0.4, -0.2) is 30.1 Å². The van der Waals surface area contributed by atoms with E-state index in [0.717, 1.165) is 11.4 Å². The minimum atomic E-state index is 0.0308. The van der Waals surface area contributed by atoms with E-state index in [1.807, 2.05) is 18.3 Å². The first-order valence-corrected chi connectivity index (χ1v) is 8.10. The van der Waals surface area contributed by atoms with Gasteiger partial charge in [0, 0.05) is 11.8 Å². The van der Waals surface area contributed by atoms with Gasteiger partial charge < -0.3 is 15.8 Å². The van der Waals surface area contributed by atoms with E-state index < -0.39 is 0 Å². The molecular weight excluding hydrogens is 354 g/mol. The number of rotatable bonds is 3. The molecule has 2 aromatic rings. The molecule has 0 aliphatic carbocycles. The third-order valence-corrected chi connectivity index (χ3v) is 4.25. The lowest BCUT2D eigenvalue weighted by molar-refractivity contribution is 0.415. The highest BCUT2D eigenvalue weighted by Crippen LogP contribution is 2.32. The lowest BCUT2D eigenvalue weighted by Gasteiger charge is -2.23. The first-order chi connectivity index (χ1) is 12.6. The number of anilines is 2. The molecule has 0 bridgehead atoms. The Labute approximate surface area is 154 Å². The number of fused-ring (bicyclic) bond motifs is 1. The van der Waals surface area contributed by atoms with Crippen molar-refractivity contribution in [2.45, 2.75) is 0 Å². The maximum Gasteiger partial charge on any atom is 0.287 e. The number of amidine groups is 1. The molecule has 0 amide bonds.